The van der Waals surface area contributed by atoms with E-state index in [1.165, 1.54) is 11.1 Å². The van der Waals surface area contributed by atoms with Crippen LogP contribution in [0.4, 0.5) is 5.82 Å². The summed E-state index contributed by atoms with van der Waals surface area (Å²) in [5, 5.41) is 9.29. The topological polar surface area (TPSA) is 86.6 Å². The number of ether oxygens (including phenoxy) is 3. The van der Waals surface area contributed by atoms with Crippen LogP contribution in [0, 0.1) is 6.92 Å². The van der Waals surface area contributed by atoms with Gasteiger partial charge in [0.1, 0.15) is 11.4 Å². The minimum Gasteiger partial charge on any atom is -0.467 e. The number of benzene rings is 1. The van der Waals surface area contributed by atoms with Gasteiger partial charge in [-0.05, 0) is 62.0 Å². The van der Waals surface area contributed by atoms with Gasteiger partial charge in [0.2, 0.25) is 0 Å². The first-order valence-electron chi connectivity index (χ1n) is 11.7. The van der Waals surface area contributed by atoms with E-state index in [1.54, 1.807) is 7.11 Å². The van der Waals surface area contributed by atoms with E-state index >= 15 is 0 Å². The van der Waals surface area contributed by atoms with Gasteiger partial charge in [-0.1, -0.05) is 0 Å². The first-order valence-corrected chi connectivity index (χ1v) is 11.7. The van der Waals surface area contributed by atoms with E-state index < -0.39 is 0 Å². The van der Waals surface area contributed by atoms with Gasteiger partial charge in [0.05, 0.1) is 45.2 Å². The highest BCUT2D eigenvalue weighted by atomic mass is 16.6. The van der Waals surface area contributed by atoms with Gasteiger partial charge in [0.25, 0.3) is 0 Å². The molecular weight excluding hydrogens is 420 g/mol. The van der Waals surface area contributed by atoms with Gasteiger partial charge in [-0.2, -0.15) is 15.1 Å². The summed E-state index contributed by atoms with van der Waals surface area (Å²) in [5.41, 5.74) is 3.58. The molecule has 3 aliphatic rings. The van der Waals surface area contributed by atoms with Gasteiger partial charge >= 0.3 is 6.01 Å². The number of methoxy groups -OCH3 is 1. The quantitative estimate of drug-likeness (QED) is 0.648. The van der Waals surface area contributed by atoms with Crippen LogP contribution in [0.5, 0.6) is 6.01 Å². The molecule has 0 unspecified atom stereocenters. The molecule has 0 saturated carbocycles. The standard InChI is InChI=1S/C24H30N6O3/c1-16-9-18-12-26-30(20(18)10-19(16)17-3-5-25-6-4-17)22-11-21(27-23(28-22)31-2)29-7-8-33-24(13-29)14-32-15-24/h9-12,17,25H,3-8,13-15H2,1-2H3. The molecule has 9 nitrogen and oxygen atoms in total. The van der Waals surface area contributed by atoms with Crippen LogP contribution in [0.3, 0.4) is 0 Å². The molecule has 1 spiro atoms. The zero-order valence-electron chi connectivity index (χ0n) is 19.2. The van der Waals surface area contributed by atoms with Crippen LogP contribution in [-0.2, 0) is 9.47 Å². The van der Waals surface area contributed by atoms with Crippen LogP contribution in [0.25, 0.3) is 16.7 Å². The Balaban J connectivity index is 1.40. The first kappa shape index (κ1) is 20.8. The molecule has 0 aliphatic carbocycles. The predicted octanol–water partition coefficient (Wildman–Crippen LogP) is 2.21. The van der Waals surface area contributed by atoms with Crippen molar-refractivity contribution in [3.8, 4) is 11.8 Å². The average molecular weight is 451 g/mol. The lowest BCUT2D eigenvalue weighted by Crippen LogP contribution is -2.63. The van der Waals surface area contributed by atoms with E-state index in [-0.39, 0.29) is 5.60 Å². The van der Waals surface area contributed by atoms with Crippen molar-refractivity contribution in [3.63, 3.8) is 0 Å². The number of aromatic nitrogens is 4. The van der Waals surface area contributed by atoms with Crippen molar-refractivity contribution in [3.05, 3.63) is 35.5 Å². The molecule has 3 aromatic rings. The van der Waals surface area contributed by atoms with Crippen molar-refractivity contribution in [2.24, 2.45) is 0 Å². The molecule has 3 aliphatic heterocycles. The number of rotatable bonds is 4. The average Bonchev–Trinajstić information content (AvgIpc) is 3.25. The smallest absolute Gasteiger partial charge is 0.320 e. The Morgan fingerprint density at radius 2 is 1.94 bits per heavy atom. The molecule has 2 aromatic heterocycles. The fourth-order valence-corrected chi connectivity index (χ4v) is 5.27. The monoisotopic (exact) mass is 450 g/mol. The molecule has 0 bridgehead atoms. The van der Waals surface area contributed by atoms with Crippen molar-refractivity contribution < 1.29 is 14.2 Å². The lowest BCUT2D eigenvalue weighted by Gasteiger charge is -2.47. The number of aryl methyl sites for hydroxylation is 1. The molecule has 1 N–H and O–H groups in total. The van der Waals surface area contributed by atoms with Crippen LogP contribution in [-0.4, -0.2) is 78.5 Å². The van der Waals surface area contributed by atoms with Crippen molar-refractivity contribution in [2.75, 3.05) is 58.0 Å². The number of nitrogens with zero attached hydrogens (tertiary/aromatic N) is 5. The minimum atomic E-state index is -0.226. The normalized spacial score (nSPS) is 20.8. The van der Waals surface area contributed by atoms with E-state index in [0.717, 1.165) is 55.7 Å². The van der Waals surface area contributed by atoms with Gasteiger partial charge in [0, 0.05) is 18.0 Å². The number of nitrogens with one attached hydrogen (secondary N) is 1. The SMILES string of the molecule is COc1nc(N2CCOC3(COC3)C2)cc(-n2ncc3cc(C)c(C4CCNCC4)cc32)n1. The summed E-state index contributed by atoms with van der Waals surface area (Å²) in [4.78, 5) is 11.5. The maximum absolute atomic E-state index is 5.99. The molecule has 5 heterocycles. The summed E-state index contributed by atoms with van der Waals surface area (Å²) in [6.45, 7) is 7.75. The number of piperidine rings is 1. The van der Waals surface area contributed by atoms with Gasteiger partial charge in [-0.15, -0.1) is 0 Å². The summed E-state index contributed by atoms with van der Waals surface area (Å²) in [7, 11) is 1.60. The number of morpholine rings is 1. The third-order valence-corrected chi connectivity index (χ3v) is 7.12. The second-order valence-electron chi connectivity index (χ2n) is 9.37. The van der Waals surface area contributed by atoms with E-state index in [1.807, 2.05) is 16.9 Å². The lowest BCUT2D eigenvalue weighted by atomic mass is 9.87. The number of hydrogen-bond donors (Lipinski definition) is 1. The highest BCUT2D eigenvalue weighted by Gasteiger charge is 2.44. The lowest BCUT2D eigenvalue weighted by molar-refractivity contribution is -0.211. The van der Waals surface area contributed by atoms with E-state index in [2.05, 4.69) is 39.2 Å². The summed E-state index contributed by atoms with van der Waals surface area (Å²) in [6, 6.07) is 6.88. The first-order chi connectivity index (χ1) is 16.1. The van der Waals surface area contributed by atoms with Crippen molar-refractivity contribution in [1.29, 1.82) is 0 Å². The van der Waals surface area contributed by atoms with Crippen LogP contribution in [0.1, 0.15) is 29.9 Å². The molecule has 0 amide bonds. The summed E-state index contributed by atoms with van der Waals surface area (Å²) in [6.07, 6.45) is 4.24. The number of hydrogen-bond acceptors (Lipinski definition) is 8. The summed E-state index contributed by atoms with van der Waals surface area (Å²) >= 11 is 0. The largest absolute Gasteiger partial charge is 0.467 e. The number of anilines is 1. The third-order valence-electron chi connectivity index (χ3n) is 7.12. The Morgan fingerprint density at radius 3 is 2.70 bits per heavy atom. The molecule has 33 heavy (non-hydrogen) atoms. The minimum absolute atomic E-state index is 0.226. The number of fused-ring (bicyclic) bond motifs is 1. The molecular formula is C24H30N6O3. The Hall–Kier alpha value is -2.75. The zero-order valence-corrected chi connectivity index (χ0v) is 19.2. The van der Waals surface area contributed by atoms with Gasteiger partial charge in [0.15, 0.2) is 5.82 Å². The van der Waals surface area contributed by atoms with Crippen molar-refractivity contribution in [1.82, 2.24) is 25.1 Å². The molecule has 0 atom stereocenters. The fourth-order valence-electron chi connectivity index (χ4n) is 5.27. The third kappa shape index (κ3) is 3.74. The van der Waals surface area contributed by atoms with E-state index in [4.69, 9.17) is 19.3 Å². The zero-order chi connectivity index (χ0) is 22.4. The van der Waals surface area contributed by atoms with Gasteiger partial charge < -0.3 is 24.4 Å². The van der Waals surface area contributed by atoms with Crippen LogP contribution < -0.4 is 15.0 Å². The second kappa shape index (κ2) is 8.23. The maximum atomic E-state index is 5.99. The Morgan fingerprint density at radius 1 is 1.12 bits per heavy atom. The fraction of sp³-hybridized carbons (Fsp3) is 0.542. The second-order valence-corrected chi connectivity index (χ2v) is 9.37. The summed E-state index contributed by atoms with van der Waals surface area (Å²) in [5.74, 6) is 2.10. The Kier molecular flexibility index (Phi) is 5.20. The van der Waals surface area contributed by atoms with Crippen LogP contribution in [0.2, 0.25) is 0 Å². The molecule has 6 rings (SSSR count). The van der Waals surface area contributed by atoms with Crippen LogP contribution in [0.15, 0.2) is 24.4 Å². The van der Waals surface area contributed by atoms with Gasteiger partial charge in [-0.3, -0.25) is 0 Å². The molecule has 0 radical (unpaired) electrons. The van der Waals surface area contributed by atoms with E-state index in [9.17, 15) is 0 Å². The molecule has 3 fully saturated rings. The predicted molar refractivity (Wildman–Crippen MR) is 125 cm³/mol. The van der Waals surface area contributed by atoms with E-state index in [0.29, 0.717) is 37.6 Å². The van der Waals surface area contributed by atoms with Crippen molar-refractivity contribution in [2.45, 2.75) is 31.3 Å². The molecule has 3 saturated heterocycles. The molecule has 174 valence electrons. The van der Waals surface area contributed by atoms with Crippen LogP contribution >= 0.6 is 0 Å². The maximum Gasteiger partial charge on any atom is 0.320 e. The Bertz CT molecular complexity index is 1170. The van der Waals surface area contributed by atoms with Gasteiger partial charge in [-0.25, -0.2) is 4.68 Å². The Labute approximate surface area is 193 Å². The highest BCUT2D eigenvalue weighted by Crippen LogP contribution is 2.33. The van der Waals surface area contributed by atoms with Crippen molar-refractivity contribution >= 4 is 16.7 Å². The summed E-state index contributed by atoms with van der Waals surface area (Å²) < 4.78 is 18.8. The molecule has 9 heteroatoms. The molecule has 1 aromatic carbocycles. The highest BCUT2D eigenvalue weighted by molar-refractivity contribution is 5.82.